The van der Waals surface area contributed by atoms with Crippen LogP contribution in [0, 0.1) is 17.3 Å². The zero-order chi connectivity index (χ0) is 15.6. The van der Waals surface area contributed by atoms with E-state index in [1.54, 1.807) is 0 Å². The molecule has 0 radical (unpaired) electrons. The van der Waals surface area contributed by atoms with Crippen molar-refractivity contribution in [2.75, 3.05) is 6.54 Å². The topological polar surface area (TPSA) is 57.6 Å². The molecule has 0 aromatic heterocycles. The molecule has 1 N–H and O–H groups in total. The maximum absolute atomic E-state index is 13.1. The number of hydrogen-bond acceptors (Lipinski definition) is 2. The fourth-order valence-corrected chi connectivity index (χ4v) is 4.34. The molecule has 0 spiro atoms. The van der Waals surface area contributed by atoms with E-state index in [4.69, 9.17) is 5.11 Å². The van der Waals surface area contributed by atoms with Crippen LogP contribution in [0.5, 0.6) is 0 Å². The molecular weight excluding hydrogens is 266 g/mol. The molecule has 21 heavy (non-hydrogen) atoms. The summed E-state index contributed by atoms with van der Waals surface area (Å²) < 4.78 is 0. The molecule has 1 amide bonds. The van der Waals surface area contributed by atoms with Gasteiger partial charge in [-0.25, -0.2) is 0 Å². The Morgan fingerprint density at radius 1 is 1.29 bits per heavy atom. The van der Waals surface area contributed by atoms with Crippen molar-refractivity contribution in [3.8, 4) is 0 Å². The minimum Gasteiger partial charge on any atom is -0.481 e. The number of nitrogens with zero attached hydrogens (tertiary/aromatic N) is 1. The number of carbonyl (C=O) groups is 2. The van der Waals surface area contributed by atoms with Gasteiger partial charge in [0.05, 0.1) is 5.92 Å². The van der Waals surface area contributed by atoms with Crippen molar-refractivity contribution in [2.24, 2.45) is 17.3 Å². The average molecular weight is 295 g/mol. The third kappa shape index (κ3) is 3.41. The highest BCUT2D eigenvalue weighted by atomic mass is 16.4. The van der Waals surface area contributed by atoms with Gasteiger partial charge < -0.3 is 10.0 Å². The first kappa shape index (κ1) is 16.3. The van der Waals surface area contributed by atoms with Gasteiger partial charge in [0.25, 0.3) is 0 Å². The molecule has 120 valence electrons. The van der Waals surface area contributed by atoms with Crippen LogP contribution in [-0.2, 0) is 9.59 Å². The molecule has 1 saturated carbocycles. The normalized spacial score (nSPS) is 28.9. The number of piperidine rings is 1. The third-order valence-corrected chi connectivity index (χ3v) is 5.30. The summed E-state index contributed by atoms with van der Waals surface area (Å²) in [7, 11) is 0. The number of amides is 1. The second kappa shape index (κ2) is 6.37. The van der Waals surface area contributed by atoms with Crippen LogP contribution in [0.1, 0.15) is 65.7 Å². The molecule has 2 aliphatic rings. The molecule has 2 rings (SSSR count). The fourth-order valence-electron chi connectivity index (χ4n) is 4.34. The maximum atomic E-state index is 13.1. The molecule has 0 bridgehead atoms. The summed E-state index contributed by atoms with van der Waals surface area (Å²) in [4.78, 5) is 26.2. The number of hydrogen-bond donors (Lipinski definition) is 1. The van der Waals surface area contributed by atoms with Crippen LogP contribution in [0.4, 0.5) is 0 Å². The average Bonchev–Trinajstić information content (AvgIpc) is 2.86. The second-order valence-corrected chi connectivity index (χ2v) is 7.49. The Hall–Kier alpha value is -1.06. The molecule has 0 aromatic rings. The summed E-state index contributed by atoms with van der Waals surface area (Å²) in [5.41, 5.74) is -0.168. The van der Waals surface area contributed by atoms with Crippen LogP contribution in [0.25, 0.3) is 0 Å². The molecule has 2 unspecified atom stereocenters. The van der Waals surface area contributed by atoms with Crippen molar-refractivity contribution in [3.63, 3.8) is 0 Å². The molecule has 2 fully saturated rings. The minimum atomic E-state index is -0.716. The van der Waals surface area contributed by atoms with Gasteiger partial charge in [0.2, 0.25) is 5.91 Å². The van der Waals surface area contributed by atoms with Gasteiger partial charge >= 0.3 is 5.97 Å². The second-order valence-electron chi connectivity index (χ2n) is 7.49. The van der Waals surface area contributed by atoms with Crippen molar-refractivity contribution in [1.29, 1.82) is 0 Å². The fraction of sp³-hybridized carbons (Fsp3) is 0.882. The van der Waals surface area contributed by atoms with Gasteiger partial charge in [0.1, 0.15) is 0 Å². The predicted octanol–water partition coefficient (Wildman–Crippen LogP) is 3.30. The quantitative estimate of drug-likeness (QED) is 0.865. The number of carboxylic acids is 1. The Labute approximate surface area is 127 Å². The summed E-state index contributed by atoms with van der Waals surface area (Å²) >= 11 is 0. The Kier molecular flexibility index (Phi) is 4.95. The SMILES string of the molecule is CC(C)CC1(C(=O)N2CCC(C(=O)O)CC2C)CCCC1. The number of likely N-dealkylation sites (tertiary alicyclic amines) is 1. The highest BCUT2D eigenvalue weighted by Crippen LogP contribution is 2.45. The zero-order valence-electron chi connectivity index (χ0n) is 13.6. The highest BCUT2D eigenvalue weighted by molar-refractivity contribution is 5.83. The largest absolute Gasteiger partial charge is 0.481 e. The molecule has 1 aliphatic carbocycles. The van der Waals surface area contributed by atoms with E-state index < -0.39 is 5.97 Å². The van der Waals surface area contributed by atoms with Crippen molar-refractivity contribution in [1.82, 2.24) is 4.90 Å². The van der Waals surface area contributed by atoms with Crippen molar-refractivity contribution in [2.45, 2.75) is 71.8 Å². The van der Waals surface area contributed by atoms with Gasteiger partial charge in [0, 0.05) is 18.0 Å². The van der Waals surface area contributed by atoms with E-state index in [2.05, 4.69) is 13.8 Å². The van der Waals surface area contributed by atoms with Gasteiger partial charge in [-0.1, -0.05) is 26.7 Å². The highest BCUT2D eigenvalue weighted by Gasteiger charge is 2.45. The summed E-state index contributed by atoms with van der Waals surface area (Å²) in [6, 6.07) is 0.0528. The van der Waals surface area contributed by atoms with Gasteiger partial charge in [0.15, 0.2) is 0 Å². The zero-order valence-corrected chi connectivity index (χ0v) is 13.6. The van der Waals surface area contributed by atoms with E-state index in [1.165, 1.54) is 0 Å². The lowest BCUT2D eigenvalue weighted by Crippen LogP contribution is -2.51. The smallest absolute Gasteiger partial charge is 0.306 e. The Morgan fingerprint density at radius 3 is 2.38 bits per heavy atom. The monoisotopic (exact) mass is 295 g/mol. The molecule has 1 aliphatic heterocycles. The van der Waals surface area contributed by atoms with Crippen LogP contribution in [0.2, 0.25) is 0 Å². The van der Waals surface area contributed by atoms with Crippen LogP contribution < -0.4 is 0 Å². The molecule has 0 aromatic carbocycles. The summed E-state index contributed by atoms with van der Waals surface area (Å²) in [6.07, 6.45) is 6.49. The Balaban J connectivity index is 2.09. The lowest BCUT2D eigenvalue weighted by Gasteiger charge is -2.42. The Morgan fingerprint density at radius 2 is 1.90 bits per heavy atom. The van der Waals surface area contributed by atoms with Crippen molar-refractivity contribution >= 4 is 11.9 Å². The third-order valence-electron chi connectivity index (χ3n) is 5.30. The first-order valence-corrected chi connectivity index (χ1v) is 8.39. The van der Waals surface area contributed by atoms with Crippen molar-refractivity contribution in [3.05, 3.63) is 0 Å². The molecule has 4 nitrogen and oxygen atoms in total. The van der Waals surface area contributed by atoms with E-state index in [0.29, 0.717) is 31.2 Å². The van der Waals surface area contributed by atoms with E-state index in [-0.39, 0.29) is 17.4 Å². The molecular formula is C17H29NO3. The minimum absolute atomic E-state index is 0.0528. The van der Waals surface area contributed by atoms with E-state index in [0.717, 1.165) is 32.1 Å². The van der Waals surface area contributed by atoms with Gasteiger partial charge in [-0.3, -0.25) is 9.59 Å². The number of rotatable bonds is 4. The maximum Gasteiger partial charge on any atom is 0.306 e. The molecule has 4 heteroatoms. The molecule has 2 atom stereocenters. The van der Waals surface area contributed by atoms with Gasteiger partial charge in [-0.15, -0.1) is 0 Å². The van der Waals surface area contributed by atoms with E-state index >= 15 is 0 Å². The van der Waals surface area contributed by atoms with E-state index in [1.807, 2.05) is 11.8 Å². The van der Waals surface area contributed by atoms with Crippen LogP contribution in [-0.4, -0.2) is 34.5 Å². The lowest BCUT2D eigenvalue weighted by molar-refractivity contribution is -0.152. The Bertz CT molecular complexity index is 399. The predicted molar refractivity (Wildman–Crippen MR) is 81.9 cm³/mol. The first-order valence-electron chi connectivity index (χ1n) is 8.39. The summed E-state index contributed by atoms with van der Waals surface area (Å²) in [5.74, 6) is -0.177. The standard InChI is InChI=1S/C17H29NO3/c1-12(2)11-17(7-4-5-8-17)16(21)18-9-6-14(15(19)20)10-13(18)3/h12-14H,4-11H2,1-3H3,(H,19,20). The first-order chi connectivity index (χ1) is 9.85. The lowest BCUT2D eigenvalue weighted by atomic mass is 9.76. The van der Waals surface area contributed by atoms with Crippen LogP contribution in [0.15, 0.2) is 0 Å². The summed E-state index contributed by atoms with van der Waals surface area (Å²) in [6.45, 7) is 6.99. The van der Waals surface area contributed by atoms with Crippen LogP contribution in [0.3, 0.4) is 0 Å². The number of aliphatic carboxylic acids is 1. The van der Waals surface area contributed by atoms with Crippen LogP contribution >= 0.6 is 0 Å². The van der Waals surface area contributed by atoms with E-state index in [9.17, 15) is 9.59 Å². The summed E-state index contributed by atoms with van der Waals surface area (Å²) in [5, 5.41) is 9.16. The van der Waals surface area contributed by atoms with Gasteiger partial charge in [-0.05, 0) is 44.9 Å². The van der Waals surface area contributed by atoms with Crippen molar-refractivity contribution < 1.29 is 14.7 Å². The molecule has 1 saturated heterocycles. The van der Waals surface area contributed by atoms with Gasteiger partial charge in [-0.2, -0.15) is 0 Å². The number of carboxylic acid groups (broad SMARTS) is 1. The molecule has 1 heterocycles. The number of carbonyl (C=O) groups excluding carboxylic acids is 1.